The van der Waals surface area contributed by atoms with Crippen molar-refractivity contribution < 1.29 is 9.90 Å². The lowest BCUT2D eigenvalue weighted by Crippen LogP contribution is -2.45. The Labute approximate surface area is 114 Å². The molecule has 0 aliphatic heterocycles. The lowest BCUT2D eigenvalue weighted by atomic mass is 9.91. The molecule has 4 heteroatoms. The number of amides is 1. The van der Waals surface area contributed by atoms with E-state index in [1.54, 1.807) is 0 Å². The number of aliphatic hydroxyl groups is 1. The molecule has 0 saturated heterocycles. The second kappa shape index (κ2) is 6.06. The van der Waals surface area contributed by atoms with E-state index in [-0.39, 0.29) is 12.5 Å². The Morgan fingerprint density at radius 3 is 2.68 bits per heavy atom. The fraction of sp³-hybridized carbons (Fsp3) is 0.533. The van der Waals surface area contributed by atoms with Gasteiger partial charge < -0.3 is 15.3 Å². The second-order valence-electron chi connectivity index (χ2n) is 5.09. The zero-order valence-corrected chi connectivity index (χ0v) is 11.6. The van der Waals surface area contributed by atoms with Crippen molar-refractivity contribution in [2.24, 2.45) is 0 Å². The molecule has 1 fully saturated rings. The zero-order chi connectivity index (χ0) is 13.8. The predicted molar refractivity (Wildman–Crippen MR) is 76.5 cm³/mol. The van der Waals surface area contributed by atoms with Crippen molar-refractivity contribution in [3.8, 4) is 0 Å². The van der Waals surface area contributed by atoms with E-state index in [2.05, 4.69) is 5.32 Å². The Morgan fingerprint density at radius 1 is 1.47 bits per heavy atom. The molecule has 4 nitrogen and oxygen atoms in total. The number of benzene rings is 1. The summed E-state index contributed by atoms with van der Waals surface area (Å²) in [6.45, 7) is 2.44. The fourth-order valence-electron chi connectivity index (χ4n) is 2.50. The monoisotopic (exact) mass is 262 g/mol. The van der Waals surface area contributed by atoms with E-state index >= 15 is 0 Å². The van der Waals surface area contributed by atoms with Crippen LogP contribution < -0.4 is 5.32 Å². The number of rotatable bonds is 5. The predicted octanol–water partition coefficient (Wildman–Crippen LogP) is 2.02. The van der Waals surface area contributed by atoms with Crippen molar-refractivity contribution in [1.82, 2.24) is 4.90 Å². The molecule has 19 heavy (non-hydrogen) atoms. The van der Waals surface area contributed by atoms with E-state index in [4.69, 9.17) is 5.11 Å². The maximum atomic E-state index is 12.5. The van der Waals surface area contributed by atoms with Gasteiger partial charge in [0.25, 0.3) is 5.91 Å². The number of carbonyl (C=O) groups excluding carboxylic acids is 1. The van der Waals surface area contributed by atoms with Gasteiger partial charge in [0.1, 0.15) is 0 Å². The molecule has 0 heterocycles. The molecule has 0 spiro atoms. The highest BCUT2D eigenvalue weighted by atomic mass is 16.3. The summed E-state index contributed by atoms with van der Waals surface area (Å²) in [5, 5.41) is 12.2. The third kappa shape index (κ3) is 2.89. The van der Waals surface area contributed by atoms with Crippen LogP contribution >= 0.6 is 0 Å². The van der Waals surface area contributed by atoms with Crippen molar-refractivity contribution in [3.05, 3.63) is 29.3 Å². The average Bonchev–Trinajstić information content (AvgIpc) is 2.35. The quantitative estimate of drug-likeness (QED) is 0.853. The molecule has 2 rings (SSSR count). The summed E-state index contributed by atoms with van der Waals surface area (Å²) < 4.78 is 0. The smallest absolute Gasteiger partial charge is 0.254 e. The van der Waals surface area contributed by atoms with Gasteiger partial charge in [-0.1, -0.05) is 0 Å². The van der Waals surface area contributed by atoms with Crippen LogP contribution in [0.4, 0.5) is 5.69 Å². The lowest BCUT2D eigenvalue weighted by molar-refractivity contribution is 0.0526. The fourth-order valence-corrected chi connectivity index (χ4v) is 2.50. The summed E-state index contributed by atoms with van der Waals surface area (Å²) in [6, 6.07) is 6.01. The van der Waals surface area contributed by atoms with Gasteiger partial charge >= 0.3 is 0 Å². The van der Waals surface area contributed by atoms with Crippen LogP contribution in [0.1, 0.15) is 35.2 Å². The van der Waals surface area contributed by atoms with E-state index in [1.165, 1.54) is 6.42 Å². The first-order valence-corrected chi connectivity index (χ1v) is 6.87. The van der Waals surface area contributed by atoms with Gasteiger partial charge in [-0.15, -0.1) is 0 Å². The van der Waals surface area contributed by atoms with E-state index < -0.39 is 0 Å². The first kappa shape index (κ1) is 13.9. The average molecular weight is 262 g/mol. The molecule has 104 valence electrons. The third-order valence-electron chi connectivity index (χ3n) is 3.86. The summed E-state index contributed by atoms with van der Waals surface area (Å²) in [7, 11) is 1.87. The van der Waals surface area contributed by atoms with Crippen LogP contribution in [-0.4, -0.2) is 42.2 Å². The first-order chi connectivity index (χ1) is 9.17. The third-order valence-corrected chi connectivity index (χ3v) is 3.86. The van der Waals surface area contributed by atoms with E-state index in [0.717, 1.165) is 24.1 Å². The minimum Gasteiger partial charge on any atom is -0.395 e. The van der Waals surface area contributed by atoms with Crippen LogP contribution in [0, 0.1) is 6.92 Å². The van der Waals surface area contributed by atoms with Gasteiger partial charge in [0, 0.05) is 30.9 Å². The number of hydrogen-bond acceptors (Lipinski definition) is 3. The molecule has 0 radical (unpaired) electrons. The van der Waals surface area contributed by atoms with Gasteiger partial charge in [0.15, 0.2) is 0 Å². The highest BCUT2D eigenvalue weighted by molar-refractivity contribution is 5.95. The van der Waals surface area contributed by atoms with Crippen molar-refractivity contribution in [3.63, 3.8) is 0 Å². The van der Waals surface area contributed by atoms with Crippen LogP contribution in [-0.2, 0) is 0 Å². The van der Waals surface area contributed by atoms with Crippen LogP contribution in [0.3, 0.4) is 0 Å². The number of aryl methyl sites for hydroxylation is 1. The molecule has 1 aliphatic carbocycles. The minimum absolute atomic E-state index is 0.0236. The summed E-state index contributed by atoms with van der Waals surface area (Å²) in [4.78, 5) is 14.3. The van der Waals surface area contributed by atoms with Crippen LogP contribution in [0.25, 0.3) is 0 Å². The Bertz CT molecular complexity index is 455. The number of anilines is 1. The van der Waals surface area contributed by atoms with Crippen LogP contribution in [0.2, 0.25) is 0 Å². The van der Waals surface area contributed by atoms with Gasteiger partial charge in [-0.2, -0.15) is 0 Å². The number of aliphatic hydroxyl groups excluding tert-OH is 1. The Balaban J connectivity index is 2.18. The molecule has 1 aliphatic rings. The van der Waals surface area contributed by atoms with Crippen molar-refractivity contribution in [1.29, 1.82) is 0 Å². The van der Waals surface area contributed by atoms with E-state index in [1.807, 2.05) is 37.1 Å². The molecule has 0 bridgehead atoms. The normalized spacial score (nSPS) is 14.9. The van der Waals surface area contributed by atoms with Crippen molar-refractivity contribution in [2.75, 3.05) is 25.5 Å². The number of nitrogens with zero attached hydrogens (tertiary/aromatic N) is 1. The largest absolute Gasteiger partial charge is 0.395 e. The maximum absolute atomic E-state index is 12.5. The van der Waals surface area contributed by atoms with E-state index in [0.29, 0.717) is 18.2 Å². The molecule has 1 amide bonds. The summed E-state index contributed by atoms with van der Waals surface area (Å²) >= 11 is 0. The number of carbonyl (C=O) groups is 1. The summed E-state index contributed by atoms with van der Waals surface area (Å²) in [6.07, 6.45) is 3.29. The molecule has 0 unspecified atom stereocenters. The number of hydrogen-bond donors (Lipinski definition) is 2. The molecule has 1 saturated carbocycles. The molecule has 1 aromatic carbocycles. The Morgan fingerprint density at radius 2 is 2.21 bits per heavy atom. The number of nitrogens with one attached hydrogen (secondary N) is 1. The molecular weight excluding hydrogens is 240 g/mol. The lowest BCUT2D eigenvalue weighted by Gasteiger charge is -2.37. The zero-order valence-electron chi connectivity index (χ0n) is 11.6. The summed E-state index contributed by atoms with van der Waals surface area (Å²) in [5.74, 6) is 0.0319. The summed E-state index contributed by atoms with van der Waals surface area (Å²) in [5.41, 5.74) is 2.80. The molecule has 0 aromatic heterocycles. The molecule has 1 aromatic rings. The minimum atomic E-state index is 0.0236. The van der Waals surface area contributed by atoms with Gasteiger partial charge in [-0.25, -0.2) is 0 Å². The van der Waals surface area contributed by atoms with Gasteiger partial charge in [-0.3, -0.25) is 4.79 Å². The van der Waals surface area contributed by atoms with Gasteiger partial charge in [0.2, 0.25) is 0 Å². The standard InChI is InChI=1S/C15H22N2O2/c1-11-10-12(6-7-14(11)16-2)15(19)17(8-9-18)13-4-3-5-13/h6-7,10,13,16,18H,3-5,8-9H2,1-2H3. The Hall–Kier alpha value is -1.55. The van der Waals surface area contributed by atoms with Crippen molar-refractivity contribution in [2.45, 2.75) is 32.2 Å². The second-order valence-corrected chi connectivity index (χ2v) is 5.09. The SMILES string of the molecule is CNc1ccc(C(=O)N(CCO)C2CCC2)cc1C. The van der Waals surface area contributed by atoms with Crippen LogP contribution in [0.5, 0.6) is 0 Å². The first-order valence-electron chi connectivity index (χ1n) is 6.87. The van der Waals surface area contributed by atoms with Crippen LogP contribution in [0.15, 0.2) is 18.2 Å². The topological polar surface area (TPSA) is 52.6 Å². The molecule has 0 atom stereocenters. The van der Waals surface area contributed by atoms with Crippen molar-refractivity contribution >= 4 is 11.6 Å². The molecular formula is C15H22N2O2. The van der Waals surface area contributed by atoms with E-state index in [9.17, 15) is 4.79 Å². The Kier molecular flexibility index (Phi) is 4.43. The maximum Gasteiger partial charge on any atom is 0.254 e. The van der Waals surface area contributed by atoms with Gasteiger partial charge in [-0.05, 0) is 49.9 Å². The van der Waals surface area contributed by atoms with Gasteiger partial charge in [0.05, 0.1) is 6.61 Å². The highest BCUT2D eigenvalue weighted by Gasteiger charge is 2.29. The highest BCUT2D eigenvalue weighted by Crippen LogP contribution is 2.26. The molecule has 2 N–H and O–H groups in total.